The minimum Gasteiger partial charge on any atom is -0.303 e. The third kappa shape index (κ3) is 2.17. The van der Waals surface area contributed by atoms with Crippen molar-refractivity contribution in [3.05, 3.63) is 48.6 Å². The summed E-state index contributed by atoms with van der Waals surface area (Å²) in [5.41, 5.74) is 0.215. The van der Waals surface area contributed by atoms with Crippen LogP contribution >= 0.6 is 11.8 Å². The predicted octanol–water partition coefficient (Wildman–Crippen LogP) is 3.49. The zero-order valence-corrected chi connectivity index (χ0v) is 13.4. The lowest BCUT2D eigenvalue weighted by atomic mass is 9.82. The topological polar surface area (TPSA) is 46.5 Å². The van der Waals surface area contributed by atoms with Crippen molar-refractivity contribution in [3.63, 3.8) is 0 Å². The van der Waals surface area contributed by atoms with Crippen LogP contribution in [0.15, 0.2) is 48.0 Å². The van der Waals surface area contributed by atoms with Gasteiger partial charge < -0.3 is 4.79 Å². The van der Waals surface area contributed by atoms with Gasteiger partial charge in [0.05, 0.1) is 0 Å². The van der Waals surface area contributed by atoms with E-state index in [0.717, 1.165) is 23.3 Å². The predicted molar refractivity (Wildman–Crippen MR) is 89.9 cm³/mol. The van der Waals surface area contributed by atoms with E-state index in [0.29, 0.717) is 6.42 Å². The second-order valence-electron chi connectivity index (χ2n) is 5.93. The van der Waals surface area contributed by atoms with Gasteiger partial charge in [0, 0.05) is 17.4 Å². The summed E-state index contributed by atoms with van der Waals surface area (Å²) in [6, 6.07) is 9.77. The number of aliphatic imine (C=N–C) groups is 1. The van der Waals surface area contributed by atoms with Crippen molar-refractivity contribution in [1.82, 2.24) is 0 Å². The molecule has 0 N–H and O–H groups in total. The highest BCUT2D eigenvalue weighted by atomic mass is 32.2. The van der Waals surface area contributed by atoms with Crippen molar-refractivity contribution in [2.24, 2.45) is 22.7 Å². The van der Waals surface area contributed by atoms with Gasteiger partial charge in [-0.25, -0.2) is 0 Å². The van der Waals surface area contributed by atoms with E-state index in [9.17, 15) is 9.59 Å². The second kappa shape index (κ2) is 5.84. The third-order valence-electron chi connectivity index (χ3n) is 4.88. The van der Waals surface area contributed by atoms with Gasteiger partial charge in [0.1, 0.15) is 16.9 Å². The Hall–Kier alpha value is -1.68. The standard InChI is InChI=1S/C18H19NO2S/c1-3-12-10-18(15(4-2)14(12)11-20)17(21)22-16(19-18)13-8-6-5-7-9-13/h3,5-9,11-12,14-15H,1,4,10H2,2H3/t12-,14-,15+,18-/m0/s1. The minimum absolute atomic E-state index is 0.0331. The molecule has 0 unspecified atom stereocenters. The maximum absolute atomic E-state index is 12.8. The molecule has 1 aromatic rings. The molecular formula is C18H19NO2S. The van der Waals surface area contributed by atoms with E-state index in [1.54, 1.807) is 0 Å². The summed E-state index contributed by atoms with van der Waals surface area (Å²) in [6.45, 7) is 5.87. The molecule has 1 saturated carbocycles. The Balaban J connectivity index is 2.05. The van der Waals surface area contributed by atoms with E-state index >= 15 is 0 Å². The van der Waals surface area contributed by atoms with Crippen molar-refractivity contribution in [2.75, 3.05) is 0 Å². The van der Waals surface area contributed by atoms with E-state index in [-0.39, 0.29) is 22.9 Å². The highest BCUT2D eigenvalue weighted by Crippen LogP contribution is 2.53. The smallest absolute Gasteiger partial charge is 0.223 e. The summed E-state index contributed by atoms with van der Waals surface area (Å²) in [6.07, 6.45) is 4.17. The van der Waals surface area contributed by atoms with Crippen LogP contribution in [0.4, 0.5) is 0 Å². The van der Waals surface area contributed by atoms with Gasteiger partial charge in [-0.05, 0) is 30.5 Å². The Morgan fingerprint density at radius 2 is 2.14 bits per heavy atom. The lowest BCUT2D eigenvalue weighted by Crippen LogP contribution is -2.38. The Morgan fingerprint density at radius 1 is 1.41 bits per heavy atom. The zero-order chi connectivity index (χ0) is 15.7. The molecule has 1 heterocycles. The van der Waals surface area contributed by atoms with Crippen molar-refractivity contribution in [2.45, 2.75) is 25.3 Å². The minimum atomic E-state index is -0.755. The maximum atomic E-state index is 12.8. The lowest BCUT2D eigenvalue weighted by molar-refractivity contribution is -0.117. The first-order valence-electron chi connectivity index (χ1n) is 7.61. The quantitative estimate of drug-likeness (QED) is 0.631. The first kappa shape index (κ1) is 15.2. The van der Waals surface area contributed by atoms with Crippen LogP contribution in [0.25, 0.3) is 0 Å². The van der Waals surface area contributed by atoms with Gasteiger partial charge in [-0.1, -0.05) is 43.3 Å². The van der Waals surface area contributed by atoms with Crippen LogP contribution in [0.1, 0.15) is 25.3 Å². The Bertz CT molecular complexity index is 640. The van der Waals surface area contributed by atoms with Gasteiger partial charge in [-0.2, -0.15) is 0 Å². The van der Waals surface area contributed by atoms with Crippen molar-refractivity contribution < 1.29 is 9.59 Å². The van der Waals surface area contributed by atoms with E-state index in [1.807, 2.05) is 43.3 Å². The monoisotopic (exact) mass is 313 g/mol. The highest BCUT2D eigenvalue weighted by Gasteiger charge is 2.59. The average molecular weight is 313 g/mol. The van der Waals surface area contributed by atoms with E-state index < -0.39 is 5.54 Å². The SMILES string of the molecule is C=C[C@H]1C[C@]2(N=C(c3ccccc3)SC2=O)[C@H](CC)[C@H]1C=O. The van der Waals surface area contributed by atoms with Crippen LogP contribution in [-0.2, 0) is 9.59 Å². The van der Waals surface area contributed by atoms with Crippen molar-refractivity contribution in [3.8, 4) is 0 Å². The summed E-state index contributed by atoms with van der Waals surface area (Å²) >= 11 is 1.22. The molecular weight excluding hydrogens is 294 g/mol. The number of hydrogen-bond donors (Lipinski definition) is 0. The molecule has 1 aromatic carbocycles. The molecule has 0 radical (unpaired) electrons. The van der Waals surface area contributed by atoms with Crippen LogP contribution in [0.5, 0.6) is 0 Å². The molecule has 0 bridgehead atoms. The molecule has 3 rings (SSSR count). The normalized spacial score (nSPS) is 34.0. The van der Waals surface area contributed by atoms with Crippen LogP contribution in [0.2, 0.25) is 0 Å². The summed E-state index contributed by atoms with van der Waals surface area (Å²) in [5.74, 6) is -0.161. The summed E-state index contributed by atoms with van der Waals surface area (Å²) in [7, 11) is 0. The Morgan fingerprint density at radius 3 is 2.73 bits per heavy atom. The fraction of sp³-hybridized carbons (Fsp3) is 0.389. The molecule has 114 valence electrons. The van der Waals surface area contributed by atoms with Gasteiger partial charge in [0.2, 0.25) is 5.12 Å². The number of benzene rings is 1. The number of carbonyl (C=O) groups is 2. The molecule has 1 spiro atoms. The first-order valence-corrected chi connectivity index (χ1v) is 8.43. The summed E-state index contributed by atoms with van der Waals surface area (Å²) < 4.78 is 0. The number of thioether (sulfide) groups is 1. The van der Waals surface area contributed by atoms with E-state index in [2.05, 4.69) is 6.58 Å². The molecule has 1 aliphatic carbocycles. The first-order chi connectivity index (χ1) is 10.7. The van der Waals surface area contributed by atoms with Gasteiger partial charge in [0.25, 0.3) is 0 Å². The van der Waals surface area contributed by atoms with Crippen LogP contribution in [0, 0.1) is 17.8 Å². The van der Waals surface area contributed by atoms with Gasteiger partial charge in [-0.3, -0.25) is 9.79 Å². The number of rotatable bonds is 4. The average Bonchev–Trinajstić information content (AvgIpc) is 3.06. The van der Waals surface area contributed by atoms with Gasteiger partial charge in [-0.15, -0.1) is 6.58 Å². The molecule has 3 nitrogen and oxygen atoms in total. The number of nitrogens with zero attached hydrogens (tertiary/aromatic N) is 1. The molecule has 0 amide bonds. The Labute approximate surface area is 134 Å². The van der Waals surface area contributed by atoms with Gasteiger partial charge >= 0.3 is 0 Å². The van der Waals surface area contributed by atoms with Crippen molar-refractivity contribution >= 4 is 28.2 Å². The fourth-order valence-corrected chi connectivity index (χ4v) is 4.90. The molecule has 2 aliphatic rings. The van der Waals surface area contributed by atoms with Crippen LogP contribution in [-0.4, -0.2) is 22.0 Å². The van der Waals surface area contributed by atoms with Crippen LogP contribution in [0.3, 0.4) is 0 Å². The molecule has 4 atom stereocenters. The lowest BCUT2D eigenvalue weighted by Gasteiger charge is -2.26. The molecule has 1 aliphatic heterocycles. The molecule has 22 heavy (non-hydrogen) atoms. The largest absolute Gasteiger partial charge is 0.303 e. The molecule has 0 saturated heterocycles. The number of hydrogen-bond acceptors (Lipinski definition) is 4. The number of carbonyl (C=O) groups excluding carboxylic acids is 2. The number of allylic oxidation sites excluding steroid dienone is 1. The summed E-state index contributed by atoms with van der Waals surface area (Å²) in [5, 5.41) is 0.854. The molecule has 4 heteroatoms. The van der Waals surface area contributed by atoms with E-state index in [4.69, 9.17) is 4.99 Å². The highest BCUT2D eigenvalue weighted by molar-refractivity contribution is 8.27. The van der Waals surface area contributed by atoms with Crippen LogP contribution < -0.4 is 0 Å². The van der Waals surface area contributed by atoms with Gasteiger partial charge in [0.15, 0.2) is 0 Å². The fourth-order valence-electron chi connectivity index (χ4n) is 3.80. The van der Waals surface area contributed by atoms with E-state index in [1.165, 1.54) is 11.8 Å². The maximum Gasteiger partial charge on any atom is 0.223 e. The third-order valence-corrected chi connectivity index (χ3v) is 5.94. The summed E-state index contributed by atoms with van der Waals surface area (Å²) in [4.78, 5) is 29.1. The second-order valence-corrected chi connectivity index (χ2v) is 6.89. The molecule has 1 fully saturated rings. The molecule has 0 aromatic heterocycles. The zero-order valence-electron chi connectivity index (χ0n) is 12.6. The Kier molecular flexibility index (Phi) is 4.04. The number of aldehydes is 1. The van der Waals surface area contributed by atoms with Crippen molar-refractivity contribution in [1.29, 1.82) is 0 Å².